The van der Waals surface area contributed by atoms with E-state index in [-0.39, 0.29) is 11.9 Å². The number of halogens is 2. The molecule has 0 unspecified atom stereocenters. The maximum Gasteiger partial charge on any atom is 0.410 e. The lowest BCUT2D eigenvalue weighted by Crippen LogP contribution is -2.39. The summed E-state index contributed by atoms with van der Waals surface area (Å²) in [5.74, 6) is -0.334. The lowest BCUT2D eigenvalue weighted by molar-refractivity contribution is 0.0270. The number of hydrogen-bond acceptors (Lipinski definition) is 2. The van der Waals surface area contributed by atoms with Crippen molar-refractivity contribution in [3.05, 3.63) is 40.7 Å². The molecule has 0 saturated heterocycles. The molecule has 1 aliphatic heterocycles. The van der Waals surface area contributed by atoms with E-state index >= 15 is 0 Å². The van der Waals surface area contributed by atoms with E-state index in [1.54, 1.807) is 17.0 Å². The van der Waals surface area contributed by atoms with Gasteiger partial charge in [0.1, 0.15) is 11.4 Å². The molecular weight excluding hydrogens is 293 g/mol. The van der Waals surface area contributed by atoms with Gasteiger partial charge >= 0.3 is 6.09 Å². The SMILES string of the molecule is CC(C)(C)OC(=O)N1CC=C(c2ccc(Cl)cc2F)CC1. The smallest absolute Gasteiger partial charge is 0.410 e. The van der Waals surface area contributed by atoms with Gasteiger partial charge in [0.15, 0.2) is 0 Å². The van der Waals surface area contributed by atoms with Crippen molar-refractivity contribution in [3.8, 4) is 0 Å². The minimum Gasteiger partial charge on any atom is -0.444 e. The van der Waals surface area contributed by atoms with Gasteiger partial charge in [-0.15, -0.1) is 0 Å². The molecule has 0 aliphatic carbocycles. The van der Waals surface area contributed by atoms with Crippen LogP contribution in [0, 0.1) is 5.82 Å². The van der Waals surface area contributed by atoms with Gasteiger partial charge in [0, 0.05) is 23.7 Å². The molecule has 1 amide bonds. The van der Waals surface area contributed by atoms with Crippen LogP contribution in [-0.2, 0) is 4.74 Å². The number of amides is 1. The summed E-state index contributed by atoms with van der Waals surface area (Å²) in [6, 6.07) is 4.64. The molecule has 0 bridgehead atoms. The first-order chi connectivity index (χ1) is 9.76. The number of carbonyl (C=O) groups is 1. The van der Waals surface area contributed by atoms with Gasteiger partial charge in [-0.3, -0.25) is 0 Å². The zero-order chi connectivity index (χ0) is 15.6. The molecule has 0 N–H and O–H groups in total. The van der Waals surface area contributed by atoms with E-state index in [0.29, 0.717) is 30.1 Å². The standard InChI is InChI=1S/C16H19ClFNO2/c1-16(2,3)21-15(20)19-8-6-11(7-9-19)13-5-4-12(17)10-14(13)18/h4-6,10H,7-9H2,1-3H3. The first-order valence-corrected chi connectivity index (χ1v) is 7.26. The summed E-state index contributed by atoms with van der Waals surface area (Å²) in [7, 11) is 0. The summed E-state index contributed by atoms with van der Waals surface area (Å²) < 4.78 is 19.2. The van der Waals surface area contributed by atoms with Crippen LogP contribution in [0.2, 0.25) is 5.02 Å². The third-order valence-corrected chi connectivity index (χ3v) is 3.37. The number of ether oxygens (including phenoxy) is 1. The van der Waals surface area contributed by atoms with E-state index in [1.807, 2.05) is 26.8 Å². The van der Waals surface area contributed by atoms with Gasteiger partial charge < -0.3 is 9.64 Å². The molecule has 0 aromatic heterocycles. The summed E-state index contributed by atoms with van der Waals surface area (Å²) in [6.45, 7) is 6.44. The fourth-order valence-electron chi connectivity index (χ4n) is 2.16. The lowest BCUT2D eigenvalue weighted by atomic mass is 9.99. The van der Waals surface area contributed by atoms with Crippen molar-refractivity contribution in [3.63, 3.8) is 0 Å². The Morgan fingerprint density at radius 3 is 2.62 bits per heavy atom. The van der Waals surface area contributed by atoms with Crippen LogP contribution in [0.15, 0.2) is 24.3 Å². The van der Waals surface area contributed by atoms with Gasteiger partial charge in [-0.1, -0.05) is 23.7 Å². The molecule has 114 valence electrons. The quantitative estimate of drug-likeness (QED) is 0.764. The van der Waals surface area contributed by atoms with E-state index in [4.69, 9.17) is 16.3 Å². The number of nitrogens with zero attached hydrogens (tertiary/aromatic N) is 1. The van der Waals surface area contributed by atoms with Crippen LogP contribution >= 0.6 is 11.6 Å². The van der Waals surface area contributed by atoms with Gasteiger partial charge in [-0.2, -0.15) is 0 Å². The first-order valence-electron chi connectivity index (χ1n) is 6.88. The lowest BCUT2D eigenvalue weighted by Gasteiger charge is -2.29. The third-order valence-electron chi connectivity index (χ3n) is 3.14. The van der Waals surface area contributed by atoms with Crippen LogP contribution < -0.4 is 0 Å². The van der Waals surface area contributed by atoms with Crippen molar-refractivity contribution in [2.24, 2.45) is 0 Å². The zero-order valence-corrected chi connectivity index (χ0v) is 13.2. The summed E-state index contributed by atoms with van der Waals surface area (Å²) in [5.41, 5.74) is 0.927. The Morgan fingerprint density at radius 1 is 1.38 bits per heavy atom. The number of carbonyl (C=O) groups excluding carboxylic acids is 1. The molecule has 0 fully saturated rings. The van der Waals surface area contributed by atoms with Crippen molar-refractivity contribution in [1.29, 1.82) is 0 Å². The van der Waals surface area contributed by atoms with E-state index in [2.05, 4.69) is 0 Å². The summed E-state index contributed by atoms with van der Waals surface area (Å²) in [6.07, 6.45) is 2.12. The van der Waals surface area contributed by atoms with Crippen LogP contribution in [0.5, 0.6) is 0 Å². The second kappa shape index (κ2) is 6.06. The third kappa shape index (κ3) is 4.21. The zero-order valence-electron chi connectivity index (χ0n) is 12.5. The normalized spacial score (nSPS) is 15.7. The Morgan fingerprint density at radius 2 is 2.10 bits per heavy atom. The molecular formula is C16H19ClFNO2. The fourth-order valence-corrected chi connectivity index (χ4v) is 2.31. The average molecular weight is 312 g/mol. The van der Waals surface area contributed by atoms with E-state index in [1.165, 1.54) is 6.07 Å². The predicted molar refractivity (Wildman–Crippen MR) is 81.8 cm³/mol. The first kappa shape index (κ1) is 15.8. The summed E-state index contributed by atoms with van der Waals surface area (Å²) in [5, 5.41) is 0.378. The highest BCUT2D eigenvalue weighted by atomic mass is 35.5. The van der Waals surface area contributed by atoms with Gasteiger partial charge in [-0.05, 0) is 44.9 Å². The molecule has 1 heterocycles. The van der Waals surface area contributed by atoms with Crippen LogP contribution in [0.4, 0.5) is 9.18 Å². The van der Waals surface area contributed by atoms with Crippen molar-refractivity contribution in [2.75, 3.05) is 13.1 Å². The minimum atomic E-state index is -0.511. The Balaban J connectivity index is 2.07. The molecule has 1 aromatic rings. The van der Waals surface area contributed by atoms with E-state index < -0.39 is 5.60 Å². The molecule has 0 spiro atoms. The number of hydrogen-bond donors (Lipinski definition) is 0. The maximum atomic E-state index is 13.9. The highest BCUT2D eigenvalue weighted by Crippen LogP contribution is 2.27. The Labute approximate surface area is 129 Å². The summed E-state index contributed by atoms with van der Waals surface area (Å²) >= 11 is 5.75. The maximum absolute atomic E-state index is 13.9. The molecule has 1 aromatic carbocycles. The minimum absolute atomic E-state index is 0.334. The Kier molecular flexibility index (Phi) is 4.57. The van der Waals surface area contributed by atoms with Gasteiger partial charge in [-0.25, -0.2) is 9.18 Å². The van der Waals surface area contributed by atoms with Gasteiger partial charge in [0.2, 0.25) is 0 Å². The van der Waals surface area contributed by atoms with Crippen molar-refractivity contribution < 1.29 is 13.9 Å². The summed E-state index contributed by atoms with van der Waals surface area (Å²) in [4.78, 5) is 13.6. The largest absolute Gasteiger partial charge is 0.444 e. The fraction of sp³-hybridized carbons (Fsp3) is 0.438. The van der Waals surface area contributed by atoms with Gasteiger partial charge in [0.25, 0.3) is 0 Å². The number of benzene rings is 1. The molecule has 0 radical (unpaired) electrons. The van der Waals surface area contributed by atoms with E-state index in [9.17, 15) is 9.18 Å². The molecule has 5 heteroatoms. The van der Waals surface area contributed by atoms with Crippen molar-refractivity contribution >= 4 is 23.3 Å². The predicted octanol–water partition coefficient (Wildman–Crippen LogP) is 4.50. The Hall–Kier alpha value is -1.55. The van der Waals surface area contributed by atoms with Crippen LogP contribution in [0.25, 0.3) is 5.57 Å². The highest BCUT2D eigenvalue weighted by Gasteiger charge is 2.24. The second-order valence-electron chi connectivity index (χ2n) is 6.03. The Bertz CT molecular complexity index is 578. The molecule has 1 aliphatic rings. The molecule has 2 rings (SSSR count). The second-order valence-corrected chi connectivity index (χ2v) is 6.47. The van der Waals surface area contributed by atoms with Crippen LogP contribution in [0.1, 0.15) is 32.8 Å². The van der Waals surface area contributed by atoms with Gasteiger partial charge in [0.05, 0.1) is 0 Å². The molecule has 3 nitrogen and oxygen atoms in total. The number of rotatable bonds is 1. The van der Waals surface area contributed by atoms with Crippen LogP contribution in [-0.4, -0.2) is 29.7 Å². The van der Waals surface area contributed by atoms with E-state index in [0.717, 1.165) is 5.57 Å². The molecule has 0 atom stereocenters. The molecule has 0 saturated carbocycles. The van der Waals surface area contributed by atoms with Crippen molar-refractivity contribution in [1.82, 2.24) is 4.90 Å². The topological polar surface area (TPSA) is 29.5 Å². The average Bonchev–Trinajstić information content (AvgIpc) is 2.37. The molecule has 21 heavy (non-hydrogen) atoms. The van der Waals surface area contributed by atoms with Crippen LogP contribution in [0.3, 0.4) is 0 Å². The van der Waals surface area contributed by atoms with Crippen molar-refractivity contribution in [2.45, 2.75) is 32.8 Å². The monoisotopic (exact) mass is 311 g/mol. The highest BCUT2D eigenvalue weighted by molar-refractivity contribution is 6.30.